The second-order valence-electron chi connectivity index (χ2n) is 4.98. The summed E-state index contributed by atoms with van der Waals surface area (Å²) in [5.41, 5.74) is 0.531. The molecule has 0 radical (unpaired) electrons. The number of thiazole rings is 1. The van der Waals surface area contributed by atoms with Gasteiger partial charge in [-0.05, 0) is 31.9 Å². The first-order chi connectivity index (χ1) is 10.9. The molecule has 1 aromatic carbocycles. The van der Waals surface area contributed by atoms with E-state index in [1.807, 2.05) is 6.92 Å². The lowest BCUT2D eigenvalue weighted by Crippen LogP contribution is -2.23. The maximum absolute atomic E-state index is 13.3. The van der Waals surface area contributed by atoms with E-state index in [1.54, 1.807) is 6.92 Å². The van der Waals surface area contributed by atoms with E-state index in [-0.39, 0.29) is 23.7 Å². The Morgan fingerprint density at radius 1 is 1.48 bits per heavy atom. The monoisotopic (exact) mass is 337 g/mol. The molecule has 0 unspecified atom stereocenters. The summed E-state index contributed by atoms with van der Waals surface area (Å²) in [7, 11) is 0. The molecule has 2 aromatic rings. The first-order valence-corrected chi connectivity index (χ1v) is 7.91. The summed E-state index contributed by atoms with van der Waals surface area (Å²) in [5, 5.41) is 14.4. The van der Waals surface area contributed by atoms with Gasteiger partial charge in [0.1, 0.15) is 10.7 Å². The lowest BCUT2D eigenvalue weighted by Gasteiger charge is -2.05. The Morgan fingerprint density at radius 3 is 2.87 bits per heavy atom. The Morgan fingerprint density at radius 2 is 2.22 bits per heavy atom. The molecule has 1 aromatic heterocycles. The number of aryl methyl sites for hydroxylation is 2. The van der Waals surface area contributed by atoms with Crippen molar-refractivity contribution in [3.05, 3.63) is 55.3 Å². The van der Waals surface area contributed by atoms with Crippen molar-refractivity contribution in [1.82, 2.24) is 10.3 Å². The number of aromatic nitrogens is 1. The number of hydrogen-bond acceptors (Lipinski definition) is 5. The third-order valence-electron chi connectivity index (χ3n) is 3.19. The molecule has 0 atom stereocenters. The standard InChI is InChI=1S/C15H16FN3O3S/c1-3-4-13-18-9(2)14(23-13)15(20)17-8-10-7-11(16)5-6-12(10)19(21)22/h5-7H,3-4,8H2,1-2H3,(H,17,20). The zero-order valence-electron chi connectivity index (χ0n) is 12.8. The van der Waals surface area contributed by atoms with Crippen LogP contribution in [0.15, 0.2) is 18.2 Å². The van der Waals surface area contributed by atoms with Crippen LogP contribution in [0.2, 0.25) is 0 Å². The molecule has 8 heteroatoms. The molecule has 0 bridgehead atoms. The molecular formula is C15H16FN3O3S. The average Bonchev–Trinajstić information content (AvgIpc) is 2.85. The molecule has 0 fully saturated rings. The number of nitro groups is 1. The lowest BCUT2D eigenvalue weighted by atomic mass is 10.1. The highest BCUT2D eigenvalue weighted by Crippen LogP contribution is 2.21. The number of amides is 1. The van der Waals surface area contributed by atoms with Crippen molar-refractivity contribution >= 4 is 22.9 Å². The van der Waals surface area contributed by atoms with Gasteiger partial charge in [-0.2, -0.15) is 0 Å². The highest BCUT2D eigenvalue weighted by Gasteiger charge is 2.18. The van der Waals surface area contributed by atoms with Gasteiger partial charge < -0.3 is 5.32 Å². The zero-order chi connectivity index (χ0) is 17.0. The molecule has 1 heterocycles. The molecule has 0 saturated carbocycles. The molecule has 0 aliphatic heterocycles. The molecule has 0 spiro atoms. The molecule has 122 valence electrons. The predicted molar refractivity (Wildman–Crippen MR) is 85.1 cm³/mol. The minimum absolute atomic E-state index is 0.118. The van der Waals surface area contributed by atoms with Crippen molar-refractivity contribution in [3.63, 3.8) is 0 Å². The summed E-state index contributed by atoms with van der Waals surface area (Å²) in [4.78, 5) is 27.4. The Hall–Kier alpha value is -2.35. The number of halogens is 1. The Balaban J connectivity index is 2.13. The van der Waals surface area contributed by atoms with E-state index < -0.39 is 10.7 Å². The van der Waals surface area contributed by atoms with E-state index in [9.17, 15) is 19.3 Å². The number of nitrogens with one attached hydrogen (secondary N) is 1. The fourth-order valence-electron chi connectivity index (χ4n) is 2.11. The molecule has 0 saturated heterocycles. The first-order valence-electron chi connectivity index (χ1n) is 7.09. The van der Waals surface area contributed by atoms with Crippen LogP contribution in [-0.2, 0) is 13.0 Å². The number of nitrogens with zero attached hydrogens (tertiary/aromatic N) is 2. The number of rotatable bonds is 6. The fraction of sp³-hybridized carbons (Fsp3) is 0.333. The molecule has 0 aliphatic carbocycles. The van der Waals surface area contributed by atoms with E-state index in [0.29, 0.717) is 10.6 Å². The van der Waals surface area contributed by atoms with Crippen LogP contribution in [0.4, 0.5) is 10.1 Å². The molecule has 2 rings (SSSR count). The SMILES string of the molecule is CCCc1nc(C)c(C(=O)NCc2cc(F)ccc2[N+](=O)[O-])s1. The molecule has 6 nitrogen and oxygen atoms in total. The van der Waals surface area contributed by atoms with Gasteiger partial charge in [0.05, 0.1) is 27.7 Å². The van der Waals surface area contributed by atoms with Crippen LogP contribution in [0.5, 0.6) is 0 Å². The third-order valence-corrected chi connectivity index (χ3v) is 4.40. The smallest absolute Gasteiger partial charge is 0.274 e. The molecule has 23 heavy (non-hydrogen) atoms. The van der Waals surface area contributed by atoms with E-state index in [1.165, 1.54) is 11.3 Å². The van der Waals surface area contributed by atoms with Crippen LogP contribution < -0.4 is 5.32 Å². The van der Waals surface area contributed by atoms with Crippen molar-refractivity contribution in [2.75, 3.05) is 0 Å². The maximum Gasteiger partial charge on any atom is 0.274 e. The lowest BCUT2D eigenvalue weighted by molar-refractivity contribution is -0.385. The van der Waals surface area contributed by atoms with Crippen LogP contribution in [0.1, 0.15) is 39.3 Å². The Bertz CT molecular complexity index is 746. The van der Waals surface area contributed by atoms with E-state index >= 15 is 0 Å². The molecular weight excluding hydrogens is 321 g/mol. The number of nitro benzene ring substituents is 1. The van der Waals surface area contributed by atoms with E-state index in [4.69, 9.17) is 0 Å². The summed E-state index contributed by atoms with van der Waals surface area (Å²) in [6.45, 7) is 3.65. The number of carbonyl (C=O) groups is 1. The average molecular weight is 337 g/mol. The van der Waals surface area contributed by atoms with Crippen molar-refractivity contribution in [1.29, 1.82) is 0 Å². The molecule has 0 aliphatic rings. The van der Waals surface area contributed by atoms with Gasteiger partial charge in [0.15, 0.2) is 0 Å². The van der Waals surface area contributed by atoms with Gasteiger partial charge in [-0.25, -0.2) is 9.37 Å². The van der Waals surface area contributed by atoms with Gasteiger partial charge in [0.25, 0.3) is 11.6 Å². The van der Waals surface area contributed by atoms with Crippen LogP contribution in [0, 0.1) is 22.9 Å². The summed E-state index contributed by atoms with van der Waals surface area (Å²) in [6, 6.07) is 3.17. The minimum Gasteiger partial charge on any atom is -0.347 e. The summed E-state index contributed by atoms with van der Waals surface area (Å²) in [6.07, 6.45) is 1.73. The quantitative estimate of drug-likeness (QED) is 0.647. The summed E-state index contributed by atoms with van der Waals surface area (Å²) < 4.78 is 13.3. The van der Waals surface area contributed by atoms with Crippen molar-refractivity contribution in [2.45, 2.75) is 33.2 Å². The second kappa shape index (κ2) is 7.28. The van der Waals surface area contributed by atoms with Gasteiger partial charge in [-0.3, -0.25) is 14.9 Å². The number of benzene rings is 1. The van der Waals surface area contributed by atoms with Crippen LogP contribution in [0.25, 0.3) is 0 Å². The van der Waals surface area contributed by atoms with Gasteiger partial charge in [-0.1, -0.05) is 6.92 Å². The van der Waals surface area contributed by atoms with Gasteiger partial charge in [-0.15, -0.1) is 11.3 Å². The van der Waals surface area contributed by atoms with E-state index in [2.05, 4.69) is 10.3 Å². The van der Waals surface area contributed by atoms with Gasteiger partial charge in [0, 0.05) is 6.07 Å². The van der Waals surface area contributed by atoms with Crippen LogP contribution in [0.3, 0.4) is 0 Å². The van der Waals surface area contributed by atoms with E-state index in [0.717, 1.165) is 36.0 Å². The van der Waals surface area contributed by atoms with Crippen molar-refractivity contribution < 1.29 is 14.1 Å². The predicted octanol–water partition coefficient (Wildman–Crippen LogP) is 3.38. The third kappa shape index (κ3) is 4.10. The van der Waals surface area contributed by atoms with Gasteiger partial charge in [0.2, 0.25) is 0 Å². The number of hydrogen-bond donors (Lipinski definition) is 1. The van der Waals surface area contributed by atoms with Gasteiger partial charge >= 0.3 is 0 Å². The summed E-state index contributed by atoms with van der Waals surface area (Å²) >= 11 is 1.31. The number of carbonyl (C=O) groups excluding carboxylic acids is 1. The zero-order valence-corrected chi connectivity index (χ0v) is 13.6. The highest BCUT2D eigenvalue weighted by molar-refractivity contribution is 7.13. The highest BCUT2D eigenvalue weighted by atomic mass is 32.1. The Labute approximate surface area is 136 Å². The summed E-state index contributed by atoms with van der Waals surface area (Å²) in [5.74, 6) is -0.944. The van der Waals surface area contributed by atoms with Crippen LogP contribution >= 0.6 is 11.3 Å². The molecule has 1 N–H and O–H groups in total. The van der Waals surface area contributed by atoms with Crippen molar-refractivity contribution in [2.24, 2.45) is 0 Å². The largest absolute Gasteiger partial charge is 0.347 e. The second-order valence-corrected chi connectivity index (χ2v) is 6.07. The Kier molecular flexibility index (Phi) is 5.38. The van der Waals surface area contributed by atoms with Crippen molar-refractivity contribution in [3.8, 4) is 0 Å². The maximum atomic E-state index is 13.3. The topological polar surface area (TPSA) is 85.1 Å². The normalized spacial score (nSPS) is 10.6. The van der Waals surface area contributed by atoms with Crippen LogP contribution in [-0.4, -0.2) is 15.8 Å². The first kappa shape index (κ1) is 17.0. The molecule has 1 amide bonds. The minimum atomic E-state index is -0.599. The fourth-order valence-corrected chi connectivity index (χ4v) is 3.20.